The average molecular weight is 454 g/mol. The summed E-state index contributed by atoms with van der Waals surface area (Å²) in [6.45, 7) is 0.491. The highest BCUT2D eigenvalue weighted by molar-refractivity contribution is 5.96. The van der Waals surface area contributed by atoms with Gasteiger partial charge in [0.2, 0.25) is 0 Å². The standard InChI is InChI=1S/C19H13F3N10O/c20-19(21,22)16-14(10-29-31(16)15-1-2-25-8-12(15)7-24)18(33)30-13-5-11(6-23)17(26-9-13)32-27-3-4-28-32/h1-3,5,8,10,26,28H,4,9H2,(H,30,33). The Hall–Kier alpha value is -4.69. The Morgan fingerprint density at radius 3 is 2.73 bits per heavy atom. The van der Waals surface area contributed by atoms with Gasteiger partial charge < -0.3 is 10.6 Å². The molecule has 14 heteroatoms. The molecular weight excluding hydrogens is 441 g/mol. The first kappa shape index (κ1) is 21.5. The van der Waals surface area contributed by atoms with Crippen LogP contribution < -0.4 is 16.1 Å². The number of dihydropyridines is 1. The zero-order valence-corrected chi connectivity index (χ0v) is 16.6. The normalized spacial score (nSPS) is 15.5. The molecule has 4 rings (SSSR count). The Kier molecular flexibility index (Phi) is 5.51. The van der Waals surface area contributed by atoms with Crippen molar-refractivity contribution >= 4 is 12.1 Å². The van der Waals surface area contributed by atoms with E-state index >= 15 is 0 Å². The molecule has 0 fully saturated rings. The van der Waals surface area contributed by atoms with Gasteiger partial charge in [-0.15, -0.1) is 0 Å². The Balaban J connectivity index is 1.67. The van der Waals surface area contributed by atoms with Crippen LogP contribution in [0, 0.1) is 22.7 Å². The third kappa shape index (κ3) is 4.10. The maximum Gasteiger partial charge on any atom is 0.434 e. The lowest BCUT2D eigenvalue weighted by Gasteiger charge is -2.24. The van der Waals surface area contributed by atoms with Crippen molar-refractivity contribution in [3.05, 3.63) is 64.6 Å². The number of nitrogens with zero attached hydrogens (tertiary/aromatic N) is 7. The first-order chi connectivity index (χ1) is 15.8. The molecule has 33 heavy (non-hydrogen) atoms. The summed E-state index contributed by atoms with van der Waals surface area (Å²) in [5.41, 5.74) is 0.759. The van der Waals surface area contributed by atoms with E-state index in [-0.39, 0.29) is 29.1 Å². The number of pyridine rings is 1. The Labute approximate surface area is 184 Å². The van der Waals surface area contributed by atoms with Crippen LogP contribution >= 0.6 is 0 Å². The fourth-order valence-electron chi connectivity index (χ4n) is 3.19. The SMILES string of the molecule is N#CC1=C(N2N=CCN2)NCC(NC(=O)c2cnn(-c3ccncc3C#N)c2C(F)(F)F)=C1. The summed E-state index contributed by atoms with van der Waals surface area (Å²) in [6, 6.07) is 4.89. The van der Waals surface area contributed by atoms with E-state index in [4.69, 9.17) is 0 Å². The van der Waals surface area contributed by atoms with Crippen LogP contribution in [0.15, 0.2) is 52.9 Å². The number of hydrogen-bond donors (Lipinski definition) is 3. The van der Waals surface area contributed by atoms with Crippen molar-refractivity contribution in [2.45, 2.75) is 6.18 Å². The highest BCUT2D eigenvalue weighted by Gasteiger charge is 2.41. The Morgan fingerprint density at radius 2 is 2.06 bits per heavy atom. The number of nitriles is 2. The molecule has 2 aromatic rings. The van der Waals surface area contributed by atoms with Crippen LogP contribution in [0.2, 0.25) is 0 Å². The minimum Gasteiger partial charge on any atom is -0.362 e. The Morgan fingerprint density at radius 1 is 1.24 bits per heavy atom. The second-order valence-corrected chi connectivity index (χ2v) is 6.64. The zero-order valence-electron chi connectivity index (χ0n) is 16.6. The molecule has 11 nitrogen and oxygen atoms in total. The minimum atomic E-state index is -4.96. The van der Waals surface area contributed by atoms with Gasteiger partial charge in [-0.05, 0) is 12.1 Å². The highest BCUT2D eigenvalue weighted by atomic mass is 19.4. The summed E-state index contributed by atoms with van der Waals surface area (Å²) < 4.78 is 42.2. The number of halogens is 3. The van der Waals surface area contributed by atoms with E-state index in [0.29, 0.717) is 17.0 Å². The molecular formula is C19H13F3N10O. The summed E-state index contributed by atoms with van der Waals surface area (Å²) in [5, 5.41) is 33.0. The van der Waals surface area contributed by atoms with E-state index in [0.717, 1.165) is 12.4 Å². The van der Waals surface area contributed by atoms with Gasteiger partial charge in [0.15, 0.2) is 11.5 Å². The maximum absolute atomic E-state index is 13.9. The number of nitrogens with one attached hydrogen (secondary N) is 3. The molecule has 0 saturated heterocycles. The summed E-state index contributed by atoms with van der Waals surface area (Å²) >= 11 is 0. The quantitative estimate of drug-likeness (QED) is 0.618. The number of hydrazine groups is 1. The largest absolute Gasteiger partial charge is 0.434 e. The molecule has 2 aromatic heterocycles. The highest BCUT2D eigenvalue weighted by Crippen LogP contribution is 2.34. The molecule has 4 heterocycles. The average Bonchev–Trinajstić information content (AvgIpc) is 3.49. The number of hydrogen-bond acceptors (Lipinski definition) is 9. The van der Waals surface area contributed by atoms with Crippen LogP contribution in [0.1, 0.15) is 21.6 Å². The summed E-state index contributed by atoms with van der Waals surface area (Å²) in [7, 11) is 0. The predicted molar refractivity (Wildman–Crippen MR) is 106 cm³/mol. The maximum atomic E-state index is 13.9. The van der Waals surface area contributed by atoms with Crippen LogP contribution in [-0.2, 0) is 6.18 Å². The lowest BCUT2D eigenvalue weighted by molar-refractivity contribution is -0.143. The molecule has 166 valence electrons. The van der Waals surface area contributed by atoms with Gasteiger partial charge in [-0.3, -0.25) is 9.78 Å². The molecule has 0 radical (unpaired) electrons. The molecule has 0 unspecified atom stereocenters. The van der Waals surface area contributed by atoms with Crippen LogP contribution in [0.5, 0.6) is 0 Å². The van der Waals surface area contributed by atoms with Gasteiger partial charge in [0.25, 0.3) is 5.91 Å². The number of aromatic nitrogens is 3. The van der Waals surface area contributed by atoms with Crippen molar-refractivity contribution in [3.8, 4) is 17.8 Å². The van der Waals surface area contributed by atoms with E-state index < -0.39 is 23.3 Å². The van der Waals surface area contributed by atoms with E-state index in [1.807, 2.05) is 6.07 Å². The minimum absolute atomic E-state index is 0.0262. The predicted octanol–water partition coefficient (Wildman–Crippen LogP) is 0.916. The van der Waals surface area contributed by atoms with Gasteiger partial charge in [0.05, 0.1) is 41.7 Å². The topological polar surface area (TPSA) is 147 Å². The molecule has 0 aliphatic carbocycles. The van der Waals surface area contributed by atoms with Gasteiger partial charge >= 0.3 is 6.18 Å². The number of carbonyl (C=O) groups is 1. The fourth-order valence-corrected chi connectivity index (χ4v) is 3.19. The molecule has 3 N–H and O–H groups in total. The van der Waals surface area contributed by atoms with E-state index in [1.54, 1.807) is 12.3 Å². The number of hydrazone groups is 1. The Bertz CT molecular complexity index is 1290. The number of amides is 1. The van der Waals surface area contributed by atoms with Gasteiger partial charge in [-0.25, -0.2) is 10.1 Å². The van der Waals surface area contributed by atoms with Crippen LogP contribution in [0.25, 0.3) is 5.69 Å². The monoisotopic (exact) mass is 454 g/mol. The van der Waals surface area contributed by atoms with Gasteiger partial charge in [-0.1, -0.05) is 0 Å². The van der Waals surface area contributed by atoms with Crippen molar-refractivity contribution in [2.75, 3.05) is 13.1 Å². The van der Waals surface area contributed by atoms with Crippen LogP contribution in [0.3, 0.4) is 0 Å². The third-order valence-electron chi connectivity index (χ3n) is 4.58. The molecule has 0 bridgehead atoms. The van der Waals surface area contributed by atoms with Gasteiger partial charge in [-0.2, -0.15) is 39.0 Å². The molecule has 0 spiro atoms. The number of rotatable bonds is 4. The third-order valence-corrected chi connectivity index (χ3v) is 4.58. The smallest absolute Gasteiger partial charge is 0.362 e. The molecule has 0 atom stereocenters. The van der Waals surface area contributed by atoms with Gasteiger partial charge in [0.1, 0.15) is 12.1 Å². The van der Waals surface area contributed by atoms with E-state index in [1.165, 1.54) is 23.5 Å². The second-order valence-electron chi connectivity index (χ2n) is 6.64. The van der Waals surface area contributed by atoms with Crippen molar-refractivity contribution in [3.63, 3.8) is 0 Å². The fraction of sp³-hybridized carbons (Fsp3) is 0.158. The molecule has 2 aliphatic rings. The van der Waals surface area contributed by atoms with Crippen LogP contribution in [-0.4, -0.2) is 45.1 Å². The zero-order chi connectivity index (χ0) is 23.6. The summed E-state index contributed by atoms with van der Waals surface area (Å²) in [5.74, 6) is -0.734. The second kappa shape index (κ2) is 8.45. The number of allylic oxidation sites excluding steroid dienone is 2. The molecule has 2 aliphatic heterocycles. The summed E-state index contributed by atoms with van der Waals surface area (Å²) in [4.78, 5) is 16.5. The lowest BCUT2D eigenvalue weighted by atomic mass is 10.1. The van der Waals surface area contributed by atoms with Crippen molar-refractivity contribution in [1.29, 1.82) is 10.5 Å². The first-order valence-electron chi connectivity index (χ1n) is 9.29. The lowest BCUT2D eigenvalue weighted by Crippen LogP contribution is -2.40. The first-order valence-corrected chi connectivity index (χ1v) is 9.29. The summed E-state index contributed by atoms with van der Waals surface area (Å²) in [6.07, 6.45) is 1.05. The van der Waals surface area contributed by atoms with Gasteiger partial charge in [0, 0.05) is 24.3 Å². The number of alkyl halides is 3. The van der Waals surface area contributed by atoms with Crippen LogP contribution in [0.4, 0.5) is 13.2 Å². The van der Waals surface area contributed by atoms with E-state index in [9.17, 15) is 28.5 Å². The molecule has 0 saturated carbocycles. The molecule has 0 aromatic carbocycles. The van der Waals surface area contributed by atoms with Crippen molar-refractivity contribution < 1.29 is 18.0 Å². The van der Waals surface area contributed by atoms with Crippen molar-refractivity contribution in [2.24, 2.45) is 5.10 Å². The van der Waals surface area contributed by atoms with E-state index in [2.05, 4.69) is 31.2 Å². The van der Waals surface area contributed by atoms with Crippen molar-refractivity contribution in [1.82, 2.24) is 35.9 Å². The molecule has 1 amide bonds. The number of carbonyl (C=O) groups excluding carboxylic acids is 1.